The summed E-state index contributed by atoms with van der Waals surface area (Å²) in [5.74, 6) is -1.53. The highest BCUT2D eigenvalue weighted by molar-refractivity contribution is 7.86. The number of aliphatic carboxylic acids is 2. The van der Waals surface area contributed by atoms with E-state index in [1.54, 1.807) is 27.7 Å². The monoisotopic (exact) mass is 544 g/mol. The number of unbranched alkanes of at least 4 members (excludes halogenated alkanes) is 2. The SMILES string of the molecule is CC(C)(CCCCC1CCCC(/C=C\C2CCCC(CCCCC(C)(C)C(=O)O)S2=O)S1=O)C(=O)O. The summed E-state index contributed by atoms with van der Waals surface area (Å²) in [6, 6.07) is 0. The van der Waals surface area contributed by atoms with Crippen LogP contribution in [0.2, 0.25) is 0 Å². The summed E-state index contributed by atoms with van der Waals surface area (Å²) < 4.78 is 26.4. The first-order chi connectivity index (χ1) is 16.8. The van der Waals surface area contributed by atoms with Crippen LogP contribution in [0, 0.1) is 10.8 Å². The molecule has 8 heteroatoms. The molecule has 2 saturated heterocycles. The first-order valence-corrected chi connectivity index (χ1v) is 16.3. The van der Waals surface area contributed by atoms with Crippen LogP contribution in [0.1, 0.15) is 118 Å². The van der Waals surface area contributed by atoms with Crippen molar-refractivity contribution < 1.29 is 28.2 Å². The van der Waals surface area contributed by atoms with Gasteiger partial charge in [0.05, 0.1) is 21.3 Å². The van der Waals surface area contributed by atoms with Crippen molar-refractivity contribution in [2.45, 2.75) is 139 Å². The van der Waals surface area contributed by atoms with Gasteiger partial charge >= 0.3 is 11.9 Å². The van der Waals surface area contributed by atoms with Gasteiger partial charge in [-0.2, -0.15) is 0 Å². The van der Waals surface area contributed by atoms with Crippen LogP contribution in [0.5, 0.6) is 0 Å². The van der Waals surface area contributed by atoms with Crippen molar-refractivity contribution in [2.75, 3.05) is 0 Å². The van der Waals surface area contributed by atoms with Crippen LogP contribution in [0.15, 0.2) is 12.2 Å². The smallest absolute Gasteiger partial charge is 0.309 e. The molecule has 0 saturated carbocycles. The Morgan fingerprint density at radius 1 is 0.694 bits per heavy atom. The number of carboxylic acids is 2. The minimum atomic E-state index is -0.942. The Bertz CT molecular complexity index is 753. The number of carbonyl (C=O) groups is 2. The van der Waals surface area contributed by atoms with E-state index in [2.05, 4.69) is 12.2 Å². The first kappa shape index (κ1) is 31.2. The van der Waals surface area contributed by atoms with E-state index in [1.807, 2.05) is 0 Å². The Labute approximate surface area is 223 Å². The molecule has 2 heterocycles. The molecule has 0 aromatic heterocycles. The predicted octanol–water partition coefficient (Wildman–Crippen LogP) is 6.22. The molecular formula is C28H48O6S2. The van der Waals surface area contributed by atoms with Gasteiger partial charge < -0.3 is 10.2 Å². The van der Waals surface area contributed by atoms with Gasteiger partial charge in [-0.05, 0) is 79.1 Å². The summed E-state index contributed by atoms with van der Waals surface area (Å²) in [7, 11) is -1.88. The predicted molar refractivity (Wildman–Crippen MR) is 148 cm³/mol. The molecule has 2 N–H and O–H groups in total. The fourth-order valence-electron chi connectivity index (χ4n) is 5.26. The maximum atomic E-state index is 13.2. The Balaban J connectivity index is 1.80. The lowest BCUT2D eigenvalue weighted by Gasteiger charge is -2.29. The molecule has 2 aliphatic rings. The van der Waals surface area contributed by atoms with E-state index in [-0.39, 0.29) is 21.0 Å². The number of rotatable bonds is 14. The quantitative estimate of drug-likeness (QED) is 0.198. The second-order valence-corrected chi connectivity index (χ2v) is 16.0. The fraction of sp³-hybridized carbons (Fsp3) is 0.857. The van der Waals surface area contributed by atoms with Gasteiger partial charge in [-0.25, -0.2) is 0 Å². The van der Waals surface area contributed by atoms with Crippen LogP contribution in [0.25, 0.3) is 0 Å². The van der Waals surface area contributed by atoms with Crippen molar-refractivity contribution in [2.24, 2.45) is 10.8 Å². The Hall–Kier alpha value is -1.02. The largest absolute Gasteiger partial charge is 0.481 e. The molecule has 0 amide bonds. The molecule has 0 aliphatic carbocycles. The average Bonchev–Trinajstić information content (AvgIpc) is 2.81. The summed E-state index contributed by atoms with van der Waals surface area (Å²) in [6.45, 7) is 7.04. The molecule has 6 unspecified atom stereocenters. The van der Waals surface area contributed by atoms with Gasteiger partial charge in [0.25, 0.3) is 0 Å². The normalized spacial score (nSPS) is 29.9. The molecule has 2 fully saturated rings. The van der Waals surface area contributed by atoms with Gasteiger partial charge in [0.1, 0.15) is 0 Å². The molecule has 6 atom stereocenters. The van der Waals surface area contributed by atoms with E-state index < -0.39 is 44.4 Å². The molecule has 36 heavy (non-hydrogen) atoms. The van der Waals surface area contributed by atoms with Crippen molar-refractivity contribution in [3.05, 3.63) is 12.2 Å². The van der Waals surface area contributed by atoms with Crippen LogP contribution in [0.4, 0.5) is 0 Å². The summed E-state index contributed by atoms with van der Waals surface area (Å²) in [5, 5.41) is 18.9. The van der Waals surface area contributed by atoms with Crippen molar-refractivity contribution in [1.29, 1.82) is 0 Å². The summed E-state index contributed by atoms with van der Waals surface area (Å²) in [6.07, 6.45) is 16.5. The molecule has 0 spiro atoms. The maximum absolute atomic E-state index is 13.2. The van der Waals surface area contributed by atoms with E-state index in [0.29, 0.717) is 12.8 Å². The van der Waals surface area contributed by atoms with E-state index in [4.69, 9.17) is 0 Å². The lowest BCUT2D eigenvalue weighted by Crippen LogP contribution is -2.32. The zero-order valence-corrected chi connectivity index (χ0v) is 24.3. The van der Waals surface area contributed by atoms with Crippen LogP contribution in [0.3, 0.4) is 0 Å². The van der Waals surface area contributed by atoms with Crippen LogP contribution < -0.4 is 0 Å². The highest BCUT2D eigenvalue weighted by atomic mass is 32.2. The lowest BCUT2D eigenvalue weighted by atomic mass is 9.87. The molecule has 0 aromatic rings. The van der Waals surface area contributed by atoms with Crippen LogP contribution >= 0.6 is 0 Å². The van der Waals surface area contributed by atoms with E-state index in [1.165, 1.54) is 0 Å². The van der Waals surface area contributed by atoms with Crippen molar-refractivity contribution in [1.82, 2.24) is 0 Å². The van der Waals surface area contributed by atoms with Crippen molar-refractivity contribution in [3.63, 3.8) is 0 Å². The number of carboxylic acid groups (broad SMARTS) is 2. The number of hydrogen-bond donors (Lipinski definition) is 2. The fourth-order valence-corrected chi connectivity index (χ4v) is 9.13. The third-order valence-electron chi connectivity index (χ3n) is 8.14. The topological polar surface area (TPSA) is 109 Å². The van der Waals surface area contributed by atoms with Gasteiger partial charge in [-0.1, -0.05) is 50.7 Å². The van der Waals surface area contributed by atoms with Crippen LogP contribution in [-0.2, 0) is 31.2 Å². The van der Waals surface area contributed by atoms with Gasteiger partial charge in [-0.3, -0.25) is 18.0 Å². The minimum absolute atomic E-state index is 0.0230. The third-order valence-corrected chi connectivity index (χ3v) is 12.4. The second kappa shape index (κ2) is 14.2. The van der Waals surface area contributed by atoms with E-state index >= 15 is 0 Å². The molecule has 0 bridgehead atoms. The molecule has 208 valence electrons. The van der Waals surface area contributed by atoms with Gasteiger partial charge in [0, 0.05) is 32.1 Å². The third kappa shape index (κ3) is 9.38. The van der Waals surface area contributed by atoms with E-state index in [9.17, 15) is 28.2 Å². The highest BCUT2D eigenvalue weighted by Gasteiger charge is 2.32. The average molecular weight is 545 g/mol. The summed E-state index contributed by atoms with van der Waals surface area (Å²) >= 11 is 0. The Morgan fingerprint density at radius 2 is 1.06 bits per heavy atom. The zero-order chi connectivity index (χ0) is 26.9. The minimum Gasteiger partial charge on any atom is -0.481 e. The van der Waals surface area contributed by atoms with Gasteiger partial charge in [-0.15, -0.1) is 0 Å². The molecule has 2 rings (SSSR count). The zero-order valence-electron chi connectivity index (χ0n) is 22.7. The van der Waals surface area contributed by atoms with Gasteiger partial charge in [0.15, 0.2) is 0 Å². The molecule has 6 nitrogen and oxygen atoms in total. The molecular weight excluding hydrogens is 496 g/mol. The number of hydrogen-bond acceptors (Lipinski definition) is 4. The molecule has 2 aliphatic heterocycles. The summed E-state index contributed by atoms with van der Waals surface area (Å²) in [5.41, 5.74) is -1.42. The Kier molecular flexibility index (Phi) is 12.3. The molecule has 0 aromatic carbocycles. The van der Waals surface area contributed by atoms with Crippen molar-refractivity contribution in [3.8, 4) is 0 Å². The Morgan fingerprint density at radius 3 is 1.39 bits per heavy atom. The first-order valence-electron chi connectivity index (χ1n) is 13.8. The van der Waals surface area contributed by atoms with Crippen molar-refractivity contribution >= 4 is 33.5 Å². The molecule has 0 radical (unpaired) electrons. The lowest BCUT2D eigenvalue weighted by molar-refractivity contribution is -0.148. The van der Waals surface area contributed by atoms with Gasteiger partial charge in [0.2, 0.25) is 0 Å². The maximum Gasteiger partial charge on any atom is 0.309 e. The standard InChI is InChI=1S/C28H48O6S2/c1-27(2,25(29)30)19-7-5-11-21-13-9-15-23(35(21)33)17-18-24-16-10-14-22(36(24)34)12-6-8-20-28(3,4)26(31)32/h17-18,21-24H,5-16,19-20H2,1-4H3,(H,29,30)(H,31,32)/b18-17-. The second-order valence-electron chi connectivity index (χ2n) is 12.1. The summed E-state index contributed by atoms with van der Waals surface area (Å²) in [4.78, 5) is 22.6. The van der Waals surface area contributed by atoms with Crippen LogP contribution in [-0.4, -0.2) is 51.6 Å². The van der Waals surface area contributed by atoms with E-state index in [0.717, 1.165) is 77.0 Å². The highest BCUT2D eigenvalue weighted by Crippen LogP contribution is 2.32.